The molecule has 1 aromatic heterocycles. The number of benzene rings is 1. The van der Waals surface area contributed by atoms with Crippen LogP contribution in [0.4, 0.5) is 11.4 Å². The molecule has 1 fully saturated rings. The Morgan fingerprint density at radius 3 is 2.60 bits per heavy atom. The molecule has 1 heterocycles. The lowest BCUT2D eigenvalue weighted by molar-refractivity contribution is 0.0951. The van der Waals surface area contributed by atoms with Gasteiger partial charge < -0.3 is 10.6 Å². The molecule has 0 spiro atoms. The molecule has 3 rings (SSSR count). The first kappa shape index (κ1) is 12.7. The van der Waals surface area contributed by atoms with Crippen LogP contribution in [-0.4, -0.2) is 16.9 Å². The van der Waals surface area contributed by atoms with Gasteiger partial charge in [0, 0.05) is 17.9 Å². The number of rotatable bonds is 4. The molecule has 1 amide bonds. The summed E-state index contributed by atoms with van der Waals surface area (Å²) in [5, 5.41) is 6.21. The molecule has 2 N–H and O–H groups in total. The smallest absolute Gasteiger partial charge is 0.253 e. The van der Waals surface area contributed by atoms with Gasteiger partial charge in [0.05, 0.1) is 17.4 Å². The summed E-state index contributed by atoms with van der Waals surface area (Å²) in [7, 11) is 0. The predicted molar refractivity (Wildman–Crippen MR) is 79.2 cm³/mol. The van der Waals surface area contributed by atoms with Gasteiger partial charge in [-0.2, -0.15) is 0 Å². The van der Waals surface area contributed by atoms with Crippen LogP contribution in [0.5, 0.6) is 0 Å². The average molecular weight is 267 g/mol. The van der Waals surface area contributed by atoms with Crippen LogP contribution >= 0.6 is 0 Å². The monoisotopic (exact) mass is 267 g/mol. The fraction of sp³-hybridized carbons (Fsp3) is 0.250. The van der Waals surface area contributed by atoms with Gasteiger partial charge in [-0.05, 0) is 38.0 Å². The highest BCUT2D eigenvalue weighted by molar-refractivity contribution is 5.95. The zero-order chi connectivity index (χ0) is 13.9. The van der Waals surface area contributed by atoms with E-state index in [1.54, 1.807) is 12.4 Å². The number of hydrogen-bond acceptors (Lipinski definition) is 3. The van der Waals surface area contributed by atoms with Gasteiger partial charge in [0.25, 0.3) is 5.91 Å². The number of anilines is 2. The van der Waals surface area contributed by atoms with E-state index in [0.29, 0.717) is 11.6 Å². The van der Waals surface area contributed by atoms with Crippen LogP contribution in [0, 0.1) is 6.92 Å². The van der Waals surface area contributed by atoms with Crippen LogP contribution in [-0.2, 0) is 0 Å². The Hall–Kier alpha value is -2.36. The van der Waals surface area contributed by atoms with Crippen LogP contribution < -0.4 is 10.6 Å². The SMILES string of the molecule is Cc1ccc(Nc2cncc(C(=O)NC3CC3)c2)cc1. The van der Waals surface area contributed by atoms with Crippen LogP contribution in [0.15, 0.2) is 42.7 Å². The lowest BCUT2D eigenvalue weighted by atomic mass is 10.2. The van der Waals surface area contributed by atoms with Crippen LogP contribution in [0.2, 0.25) is 0 Å². The molecule has 20 heavy (non-hydrogen) atoms. The van der Waals surface area contributed by atoms with E-state index in [2.05, 4.69) is 15.6 Å². The molecule has 1 aliphatic carbocycles. The molecule has 1 aliphatic rings. The van der Waals surface area contributed by atoms with Crippen molar-refractivity contribution >= 4 is 17.3 Å². The third-order valence-electron chi connectivity index (χ3n) is 3.25. The van der Waals surface area contributed by atoms with E-state index in [9.17, 15) is 4.79 Å². The first-order valence-corrected chi connectivity index (χ1v) is 6.80. The van der Waals surface area contributed by atoms with Crippen LogP contribution in [0.1, 0.15) is 28.8 Å². The molecule has 0 unspecified atom stereocenters. The van der Waals surface area contributed by atoms with Crippen molar-refractivity contribution in [2.24, 2.45) is 0 Å². The summed E-state index contributed by atoms with van der Waals surface area (Å²) in [5.41, 5.74) is 3.61. The van der Waals surface area contributed by atoms with E-state index in [-0.39, 0.29) is 5.91 Å². The van der Waals surface area contributed by atoms with E-state index < -0.39 is 0 Å². The van der Waals surface area contributed by atoms with Crippen LogP contribution in [0.3, 0.4) is 0 Å². The van der Waals surface area contributed by atoms with Gasteiger partial charge >= 0.3 is 0 Å². The molecule has 4 heteroatoms. The van der Waals surface area contributed by atoms with Crippen molar-refractivity contribution in [1.29, 1.82) is 0 Å². The maximum atomic E-state index is 12.0. The predicted octanol–water partition coefficient (Wildman–Crippen LogP) is 3.03. The Balaban J connectivity index is 1.73. The molecule has 0 saturated heterocycles. The number of pyridine rings is 1. The molecule has 0 bridgehead atoms. The molecule has 0 aliphatic heterocycles. The lowest BCUT2D eigenvalue weighted by Gasteiger charge is -2.08. The van der Waals surface area contributed by atoms with Crippen molar-refractivity contribution < 1.29 is 4.79 Å². The number of amides is 1. The summed E-state index contributed by atoms with van der Waals surface area (Å²) in [5.74, 6) is -0.0486. The number of aromatic nitrogens is 1. The Bertz CT molecular complexity index is 618. The molecule has 2 aromatic rings. The van der Waals surface area contributed by atoms with Crippen LogP contribution in [0.25, 0.3) is 0 Å². The third kappa shape index (κ3) is 3.15. The van der Waals surface area contributed by atoms with E-state index in [4.69, 9.17) is 0 Å². The zero-order valence-electron chi connectivity index (χ0n) is 11.4. The van der Waals surface area contributed by atoms with Crippen molar-refractivity contribution in [1.82, 2.24) is 10.3 Å². The standard InChI is InChI=1S/C16H17N3O/c1-11-2-4-13(5-3-11)18-15-8-12(9-17-10-15)16(20)19-14-6-7-14/h2-5,8-10,14,18H,6-7H2,1H3,(H,19,20). The normalized spacial score (nSPS) is 13.8. The van der Waals surface area contributed by atoms with Crippen molar-refractivity contribution in [3.05, 3.63) is 53.9 Å². The number of hydrogen-bond donors (Lipinski definition) is 2. The zero-order valence-corrected chi connectivity index (χ0v) is 11.4. The fourth-order valence-electron chi connectivity index (χ4n) is 1.93. The minimum absolute atomic E-state index is 0.0486. The molecule has 1 aromatic carbocycles. The first-order valence-electron chi connectivity index (χ1n) is 6.80. The Kier molecular flexibility index (Phi) is 3.37. The van der Waals surface area contributed by atoms with Gasteiger partial charge in [-0.1, -0.05) is 17.7 Å². The maximum absolute atomic E-state index is 12.0. The lowest BCUT2D eigenvalue weighted by Crippen LogP contribution is -2.25. The second-order valence-electron chi connectivity index (χ2n) is 5.20. The minimum Gasteiger partial charge on any atom is -0.354 e. The van der Waals surface area contributed by atoms with E-state index in [0.717, 1.165) is 24.2 Å². The van der Waals surface area contributed by atoms with E-state index in [1.807, 2.05) is 37.3 Å². The molecular weight excluding hydrogens is 250 g/mol. The van der Waals surface area contributed by atoms with Gasteiger partial charge in [0.1, 0.15) is 0 Å². The molecule has 0 radical (unpaired) electrons. The molecular formula is C16H17N3O. The molecule has 4 nitrogen and oxygen atoms in total. The number of nitrogens with zero attached hydrogens (tertiary/aromatic N) is 1. The highest BCUT2D eigenvalue weighted by Gasteiger charge is 2.23. The van der Waals surface area contributed by atoms with Crippen molar-refractivity contribution in [3.8, 4) is 0 Å². The summed E-state index contributed by atoms with van der Waals surface area (Å²) >= 11 is 0. The minimum atomic E-state index is -0.0486. The van der Waals surface area contributed by atoms with E-state index >= 15 is 0 Å². The summed E-state index contributed by atoms with van der Waals surface area (Å²) < 4.78 is 0. The Morgan fingerprint density at radius 2 is 1.90 bits per heavy atom. The quantitative estimate of drug-likeness (QED) is 0.895. The average Bonchev–Trinajstić information content (AvgIpc) is 3.26. The summed E-state index contributed by atoms with van der Waals surface area (Å²) in [4.78, 5) is 16.1. The summed E-state index contributed by atoms with van der Waals surface area (Å²) in [6, 6.07) is 10.3. The van der Waals surface area contributed by atoms with Crippen molar-refractivity contribution in [2.45, 2.75) is 25.8 Å². The molecule has 0 atom stereocenters. The summed E-state index contributed by atoms with van der Waals surface area (Å²) in [6.45, 7) is 2.05. The fourth-order valence-corrected chi connectivity index (χ4v) is 1.93. The second kappa shape index (κ2) is 5.33. The Morgan fingerprint density at radius 1 is 1.15 bits per heavy atom. The van der Waals surface area contributed by atoms with E-state index in [1.165, 1.54) is 5.56 Å². The second-order valence-corrected chi connectivity index (χ2v) is 5.20. The van der Waals surface area contributed by atoms with Gasteiger partial charge in [0.15, 0.2) is 0 Å². The highest BCUT2D eigenvalue weighted by Crippen LogP contribution is 2.20. The number of carbonyl (C=O) groups is 1. The highest BCUT2D eigenvalue weighted by atomic mass is 16.1. The third-order valence-corrected chi connectivity index (χ3v) is 3.25. The molecule has 1 saturated carbocycles. The van der Waals surface area contributed by atoms with Crippen molar-refractivity contribution in [2.75, 3.05) is 5.32 Å². The summed E-state index contributed by atoms with van der Waals surface area (Å²) in [6.07, 6.45) is 5.48. The largest absolute Gasteiger partial charge is 0.354 e. The maximum Gasteiger partial charge on any atom is 0.253 e. The molecule has 102 valence electrons. The van der Waals surface area contributed by atoms with Gasteiger partial charge in [-0.25, -0.2) is 0 Å². The van der Waals surface area contributed by atoms with Gasteiger partial charge in [0.2, 0.25) is 0 Å². The first-order chi connectivity index (χ1) is 9.70. The van der Waals surface area contributed by atoms with Gasteiger partial charge in [-0.15, -0.1) is 0 Å². The number of aryl methyl sites for hydroxylation is 1. The topological polar surface area (TPSA) is 54.0 Å². The van der Waals surface area contributed by atoms with Crippen molar-refractivity contribution in [3.63, 3.8) is 0 Å². The Labute approximate surface area is 118 Å². The number of nitrogens with one attached hydrogen (secondary N) is 2. The number of carbonyl (C=O) groups excluding carboxylic acids is 1. The van der Waals surface area contributed by atoms with Gasteiger partial charge in [-0.3, -0.25) is 9.78 Å².